The van der Waals surface area contributed by atoms with Crippen molar-refractivity contribution in [1.82, 2.24) is 9.58 Å². The van der Waals surface area contributed by atoms with Gasteiger partial charge in [-0.3, -0.25) is 5.01 Å². The third kappa shape index (κ3) is 1.41. The third-order valence-electron chi connectivity index (χ3n) is 4.68. The highest BCUT2D eigenvalue weighted by molar-refractivity contribution is 5.87. The van der Waals surface area contributed by atoms with Gasteiger partial charge in [-0.1, -0.05) is 11.6 Å². The van der Waals surface area contributed by atoms with Crippen LogP contribution in [0.25, 0.3) is 10.9 Å². The summed E-state index contributed by atoms with van der Waals surface area (Å²) in [7, 11) is 0. The standard InChI is InChI=1S/C16H19N3/c1-11-6-7-14-13(10-11)12-4-3-5-15-16(12)18(14)8-9-19(15)17-2/h6-7,10,15H,2-5,8-9H2,1H3. The molecule has 2 aromatic rings. The molecule has 1 aliphatic carbocycles. The highest BCUT2D eigenvalue weighted by atomic mass is 15.5. The van der Waals surface area contributed by atoms with E-state index in [1.807, 2.05) is 0 Å². The van der Waals surface area contributed by atoms with Crippen molar-refractivity contribution in [3.05, 3.63) is 35.0 Å². The lowest BCUT2D eigenvalue weighted by molar-refractivity contribution is 0.149. The lowest BCUT2D eigenvalue weighted by Crippen LogP contribution is -2.36. The molecule has 1 aromatic heterocycles. The number of aromatic nitrogens is 1. The fourth-order valence-corrected chi connectivity index (χ4v) is 3.87. The van der Waals surface area contributed by atoms with Gasteiger partial charge in [-0.2, -0.15) is 5.10 Å². The van der Waals surface area contributed by atoms with Crippen LogP contribution in [0.2, 0.25) is 0 Å². The number of hydrogen-bond donors (Lipinski definition) is 0. The Labute approximate surface area is 113 Å². The lowest BCUT2D eigenvalue weighted by Gasteiger charge is -2.37. The molecule has 0 fully saturated rings. The molecule has 2 aliphatic rings. The minimum atomic E-state index is 0.447. The minimum Gasteiger partial charge on any atom is -0.340 e. The quantitative estimate of drug-likeness (QED) is 0.714. The van der Waals surface area contributed by atoms with E-state index in [4.69, 9.17) is 0 Å². The molecule has 0 saturated carbocycles. The van der Waals surface area contributed by atoms with Crippen LogP contribution in [0.5, 0.6) is 0 Å². The van der Waals surface area contributed by atoms with E-state index in [1.165, 1.54) is 41.4 Å². The van der Waals surface area contributed by atoms with Crippen LogP contribution in [0, 0.1) is 6.92 Å². The molecule has 0 saturated heterocycles. The van der Waals surface area contributed by atoms with Crippen molar-refractivity contribution in [2.24, 2.45) is 5.10 Å². The smallest absolute Gasteiger partial charge is 0.0874 e. The Hall–Kier alpha value is -1.77. The molecular weight excluding hydrogens is 234 g/mol. The van der Waals surface area contributed by atoms with Crippen LogP contribution >= 0.6 is 0 Å². The molecule has 2 heterocycles. The van der Waals surface area contributed by atoms with E-state index in [1.54, 1.807) is 5.56 Å². The number of hydrazone groups is 1. The van der Waals surface area contributed by atoms with Crippen molar-refractivity contribution in [3.63, 3.8) is 0 Å². The number of benzene rings is 1. The highest BCUT2D eigenvalue weighted by Gasteiger charge is 2.34. The monoisotopic (exact) mass is 253 g/mol. The molecule has 19 heavy (non-hydrogen) atoms. The molecule has 0 spiro atoms. The number of hydrogen-bond acceptors (Lipinski definition) is 2. The number of nitrogens with zero attached hydrogens (tertiary/aromatic N) is 3. The zero-order valence-corrected chi connectivity index (χ0v) is 11.4. The summed E-state index contributed by atoms with van der Waals surface area (Å²) in [6, 6.07) is 7.31. The average Bonchev–Trinajstić information content (AvgIpc) is 2.75. The van der Waals surface area contributed by atoms with E-state index >= 15 is 0 Å². The molecule has 4 rings (SSSR count). The van der Waals surface area contributed by atoms with Crippen LogP contribution in [0.1, 0.15) is 35.7 Å². The van der Waals surface area contributed by atoms with Gasteiger partial charge in [-0.15, -0.1) is 0 Å². The van der Waals surface area contributed by atoms with Crippen LogP contribution in [0.4, 0.5) is 0 Å². The molecular formula is C16H19N3. The fourth-order valence-electron chi connectivity index (χ4n) is 3.87. The molecule has 0 amide bonds. The minimum absolute atomic E-state index is 0.447. The largest absolute Gasteiger partial charge is 0.340 e. The van der Waals surface area contributed by atoms with Crippen molar-refractivity contribution in [3.8, 4) is 0 Å². The Morgan fingerprint density at radius 3 is 3.05 bits per heavy atom. The van der Waals surface area contributed by atoms with E-state index in [-0.39, 0.29) is 0 Å². The Morgan fingerprint density at radius 1 is 1.32 bits per heavy atom. The summed E-state index contributed by atoms with van der Waals surface area (Å²) < 4.78 is 2.52. The average molecular weight is 253 g/mol. The van der Waals surface area contributed by atoms with Gasteiger partial charge in [0.1, 0.15) is 0 Å². The van der Waals surface area contributed by atoms with E-state index in [0.717, 1.165) is 13.1 Å². The molecule has 3 heteroatoms. The van der Waals surface area contributed by atoms with E-state index in [0.29, 0.717) is 6.04 Å². The lowest BCUT2D eigenvalue weighted by atomic mass is 9.90. The van der Waals surface area contributed by atoms with Crippen molar-refractivity contribution in [1.29, 1.82) is 0 Å². The van der Waals surface area contributed by atoms with Gasteiger partial charge in [0.05, 0.1) is 12.6 Å². The normalized spacial score (nSPS) is 21.5. The summed E-state index contributed by atoms with van der Waals surface area (Å²) in [5.74, 6) is 0. The zero-order valence-electron chi connectivity index (χ0n) is 11.4. The van der Waals surface area contributed by atoms with Crippen LogP contribution in [-0.2, 0) is 13.0 Å². The topological polar surface area (TPSA) is 20.5 Å². The molecule has 1 unspecified atom stereocenters. The van der Waals surface area contributed by atoms with Gasteiger partial charge < -0.3 is 4.57 Å². The van der Waals surface area contributed by atoms with Gasteiger partial charge in [0.2, 0.25) is 0 Å². The van der Waals surface area contributed by atoms with Crippen LogP contribution in [0.15, 0.2) is 23.3 Å². The summed E-state index contributed by atoms with van der Waals surface area (Å²) in [5.41, 5.74) is 5.83. The van der Waals surface area contributed by atoms with Crippen molar-refractivity contribution >= 4 is 17.6 Å². The number of fused-ring (bicyclic) bond motifs is 3. The first-order chi connectivity index (χ1) is 9.29. The Balaban J connectivity index is 2.04. The van der Waals surface area contributed by atoms with Gasteiger partial charge >= 0.3 is 0 Å². The molecule has 1 aromatic carbocycles. The van der Waals surface area contributed by atoms with E-state index in [9.17, 15) is 0 Å². The van der Waals surface area contributed by atoms with Gasteiger partial charge in [-0.25, -0.2) is 0 Å². The third-order valence-corrected chi connectivity index (χ3v) is 4.68. The molecule has 0 bridgehead atoms. The fraction of sp³-hybridized carbons (Fsp3) is 0.438. The molecule has 0 radical (unpaired) electrons. The van der Waals surface area contributed by atoms with Gasteiger partial charge in [0.15, 0.2) is 0 Å². The number of aryl methyl sites for hydroxylation is 2. The van der Waals surface area contributed by atoms with Crippen LogP contribution in [-0.4, -0.2) is 22.8 Å². The SMILES string of the molecule is C=NN1CCn2c3c(c4cc(C)ccc42)CCCC31. The van der Waals surface area contributed by atoms with Gasteiger partial charge in [0.25, 0.3) is 0 Å². The second-order valence-electron chi connectivity index (χ2n) is 5.75. The second kappa shape index (κ2) is 3.86. The predicted molar refractivity (Wildman–Crippen MR) is 78.6 cm³/mol. The first-order valence-electron chi connectivity index (χ1n) is 7.14. The molecule has 1 atom stereocenters. The maximum absolute atomic E-state index is 4.23. The maximum atomic E-state index is 4.23. The Bertz CT molecular complexity index is 668. The van der Waals surface area contributed by atoms with Gasteiger partial charge in [0, 0.05) is 29.9 Å². The zero-order chi connectivity index (χ0) is 13.0. The van der Waals surface area contributed by atoms with Crippen LogP contribution in [0.3, 0.4) is 0 Å². The van der Waals surface area contributed by atoms with Crippen molar-refractivity contribution < 1.29 is 0 Å². The van der Waals surface area contributed by atoms with Crippen molar-refractivity contribution in [2.45, 2.75) is 38.8 Å². The predicted octanol–water partition coefficient (Wildman–Crippen LogP) is 3.26. The summed E-state index contributed by atoms with van der Waals surface area (Å²) in [4.78, 5) is 0. The van der Waals surface area contributed by atoms with E-state index in [2.05, 4.69) is 46.5 Å². The number of rotatable bonds is 1. The maximum Gasteiger partial charge on any atom is 0.0874 e. The van der Waals surface area contributed by atoms with E-state index < -0.39 is 0 Å². The molecule has 3 nitrogen and oxygen atoms in total. The van der Waals surface area contributed by atoms with Crippen molar-refractivity contribution in [2.75, 3.05) is 6.54 Å². The molecule has 98 valence electrons. The molecule has 1 aliphatic heterocycles. The Morgan fingerprint density at radius 2 is 2.21 bits per heavy atom. The first kappa shape index (κ1) is 11.1. The second-order valence-corrected chi connectivity index (χ2v) is 5.75. The summed E-state index contributed by atoms with van der Waals surface area (Å²) >= 11 is 0. The van der Waals surface area contributed by atoms with Gasteiger partial charge in [-0.05, 0) is 43.9 Å². The summed E-state index contributed by atoms with van der Waals surface area (Å²) in [5, 5.41) is 7.88. The highest BCUT2D eigenvalue weighted by Crippen LogP contribution is 2.42. The summed E-state index contributed by atoms with van der Waals surface area (Å²) in [6.07, 6.45) is 3.68. The summed E-state index contributed by atoms with van der Waals surface area (Å²) in [6.45, 7) is 7.94. The Kier molecular flexibility index (Phi) is 2.25. The van der Waals surface area contributed by atoms with Crippen LogP contribution < -0.4 is 0 Å². The first-order valence-corrected chi connectivity index (χ1v) is 7.14. The molecule has 0 N–H and O–H groups in total.